The van der Waals surface area contributed by atoms with Gasteiger partial charge in [-0.3, -0.25) is 0 Å². The van der Waals surface area contributed by atoms with Gasteiger partial charge in [-0.1, -0.05) is 24.3 Å². The first kappa shape index (κ1) is 13.2. The Morgan fingerprint density at radius 1 is 1.44 bits per heavy atom. The number of hydrogen-bond donors (Lipinski definition) is 1. The van der Waals surface area contributed by atoms with Gasteiger partial charge in [0.15, 0.2) is 0 Å². The van der Waals surface area contributed by atoms with Crippen LogP contribution < -0.4 is 5.32 Å². The Morgan fingerprint density at radius 2 is 2.28 bits per heavy atom. The first-order valence-electron chi connectivity index (χ1n) is 6.91. The van der Waals surface area contributed by atoms with Crippen LogP contribution >= 0.6 is 0 Å². The monoisotopic (exact) mass is 244 g/mol. The molecule has 0 fully saturated rings. The lowest BCUT2D eigenvalue weighted by atomic mass is 9.93. The second-order valence-electron chi connectivity index (χ2n) is 5.30. The van der Waals surface area contributed by atoms with E-state index in [0.717, 1.165) is 18.9 Å². The van der Waals surface area contributed by atoms with Crippen molar-refractivity contribution in [2.75, 3.05) is 32.0 Å². The van der Waals surface area contributed by atoms with Crippen LogP contribution in [0.3, 0.4) is 0 Å². The van der Waals surface area contributed by atoms with Crippen LogP contribution in [0.4, 0.5) is 5.69 Å². The molecule has 0 saturated carbocycles. The van der Waals surface area contributed by atoms with Crippen LogP contribution in [-0.4, -0.2) is 31.6 Å². The third-order valence-corrected chi connectivity index (χ3v) is 3.63. The summed E-state index contributed by atoms with van der Waals surface area (Å²) in [6.45, 7) is 7.22. The first-order valence-corrected chi connectivity index (χ1v) is 6.91. The van der Waals surface area contributed by atoms with Crippen LogP contribution in [-0.2, 0) is 6.42 Å². The van der Waals surface area contributed by atoms with Crippen LogP contribution in [0.15, 0.2) is 36.9 Å². The molecule has 0 amide bonds. The Balaban J connectivity index is 1.80. The molecule has 1 aliphatic heterocycles. The van der Waals surface area contributed by atoms with E-state index in [-0.39, 0.29) is 0 Å². The van der Waals surface area contributed by atoms with E-state index < -0.39 is 0 Å². The van der Waals surface area contributed by atoms with E-state index in [1.165, 1.54) is 37.2 Å². The summed E-state index contributed by atoms with van der Waals surface area (Å²) in [6, 6.07) is 8.66. The molecule has 1 N–H and O–H groups in total. The van der Waals surface area contributed by atoms with Crippen molar-refractivity contribution in [3.05, 3.63) is 42.5 Å². The van der Waals surface area contributed by atoms with Crippen molar-refractivity contribution >= 4 is 5.69 Å². The lowest BCUT2D eigenvalue weighted by molar-refractivity contribution is 0.276. The molecule has 0 radical (unpaired) electrons. The summed E-state index contributed by atoms with van der Waals surface area (Å²) in [7, 11) is 2.23. The average Bonchev–Trinajstić information content (AvgIpc) is 2.39. The van der Waals surface area contributed by atoms with Crippen LogP contribution in [0.25, 0.3) is 0 Å². The Kier molecular flexibility index (Phi) is 4.82. The first-order chi connectivity index (χ1) is 8.79. The maximum absolute atomic E-state index is 3.77. The third kappa shape index (κ3) is 3.61. The van der Waals surface area contributed by atoms with Crippen LogP contribution in [0.2, 0.25) is 0 Å². The molecular formula is C16H24N2. The molecule has 1 aromatic rings. The maximum Gasteiger partial charge on any atom is 0.0372 e. The fourth-order valence-corrected chi connectivity index (χ4v) is 2.67. The lowest BCUT2D eigenvalue weighted by Crippen LogP contribution is -2.34. The van der Waals surface area contributed by atoms with Crippen molar-refractivity contribution in [1.82, 2.24) is 4.90 Å². The van der Waals surface area contributed by atoms with Crippen molar-refractivity contribution in [1.29, 1.82) is 0 Å². The Hall–Kier alpha value is -1.28. The van der Waals surface area contributed by atoms with Gasteiger partial charge in [-0.05, 0) is 50.4 Å². The number of para-hydroxylation sites is 1. The van der Waals surface area contributed by atoms with E-state index in [4.69, 9.17) is 0 Å². The van der Waals surface area contributed by atoms with Crippen LogP contribution in [0.5, 0.6) is 0 Å². The number of unbranched alkanes of at least 4 members (excludes halogenated alkanes) is 1. The lowest BCUT2D eigenvalue weighted by Gasteiger charge is -2.29. The number of nitrogens with one attached hydrogen (secondary N) is 1. The van der Waals surface area contributed by atoms with Crippen molar-refractivity contribution in [2.45, 2.75) is 19.3 Å². The summed E-state index contributed by atoms with van der Waals surface area (Å²) in [5.74, 6) is 0.730. The predicted molar refractivity (Wildman–Crippen MR) is 79.1 cm³/mol. The molecular weight excluding hydrogens is 220 g/mol. The number of nitrogens with zero attached hydrogens (tertiary/aromatic N) is 1. The smallest absolute Gasteiger partial charge is 0.0372 e. The average molecular weight is 244 g/mol. The summed E-state index contributed by atoms with van der Waals surface area (Å²) < 4.78 is 0. The van der Waals surface area contributed by atoms with E-state index in [1.807, 2.05) is 6.08 Å². The Labute approximate surface area is 111 Å². The van der Waals surface area contributed by atoms with E-state index in [0.29, 0.717) is 0 Å². The molecule has 2 heteroatoms. The van der Waals surface area contributed by atoms with Gasteiger partial charge in [-0.15, -0.1) is 6.58 Å². The van der Waals surface area contributed by atoms with Crippen LogP contribution in [0, 0.1) is 5.92 Å². The molecule has 0 spiro atoms. The largest absolute Gasteiger partial charge is 0.384 e. The van der Waals surface area contributed by atoms with E-state index in [1.54, 1.807) is 0 Å². The van der Waals surface area contributed by atoms with Gasteiger partial charge >= 0.3 is 0 Å². The minimum Gasteiger partial charge on any atom is -0.384 e. The highest BCUT2D eigenvalue weighted by atomic mass is 15.1. The topological polar surface area (TPSA) is 15.3 Å². The number of hydrogen-bond acceptors (Lipinski definition) is 2. The highest BCUT2D eigenvalue weighted by Gasteiger charge is 2.18. The molecule has 18 heavy (non-hydrogen) atoms. The zero-order valence-electron chi connectivity index (χ0n) is 11.4. The molecule has 0 aromatic heterocycles. The molecule has 2 rings (SSSR count). The highest BCUT2D eigenvalue weighted by molar-refractivity contribution is 5.53. The molecule has 0 aliphatic carbocycles. The molecule has 2 nitrogen and oxygen atoms in total. The Morgan fingerprint density at radius 3 is 3.11 bits per heavy atom. The van der Waals surface area contributed by atoms with Gasteiger partial charge in [0, 0.05) is 18.8 Å². The summed E-state index contributed by atoms with van der Waals surface area (Å²) in [4.78, 5) is 2.45. The second kappa shape index (κ2) is 6.60. The molecule has 98 valence electrons. The quantitative estimate of drug-likeness (QED) is 0.611. The zero-order valence-corrected chi connectivity index (χ0v) is 11.4. The maximum atomic E-state index is 3.77. The molecule has 1 aromatic carbocycles. The SMILES string of the molecule is C=CCCCN(C)CC1CNc2ccccc2C1. The number of allylic oxidation sites excluding steroid dienone is 1. The third-order valence-electron chi connectivity index (χ3n) is 3.63. The van der Waals surface area contributed by atoms with E-state index >= 15 is 0 Å². The Bertz CT molecular complexity index is 386. The number of rotatable bonds is 6. The van der Waals surface area contributed by atoms with Crippen molar-refractivity contribution in [3.63, 3.8) is 0 Å². The second-order valence-corrected chi connectivity index (χ2v) is 5.30. The van der Waals surface area contributed by atoms with Gasteiger partial charge in [0.1, 0.15) is 0 Å². The number of fused-ring (bicyclic) bond motifs is 1. The summed E-state index contributed by atoms with van der Waals surface area (Å²) in [5.41, 5.74) is 2.79. The van der Waals surface area contributed by atoms with Gasteiger partial charge in [0.2, 0.25) is 0 Å². The standard InChI is InChI=1S/C16H24N2/c1-3-4-7-10-18(2)13-14-11-15-8-5-6-9-16(15)17-12-14/h3,5-6,8-9,14,17H,1,4,7,10-13H2,2H3. The van der Waals surface area contributed by atoms with Gasteiger partial charge in [0.05, 0.1) is 0 Å². The fraction of sp³-hybridized carbons (Fsp3) is 0.500. The number of benzene rings is 1. The van der Waals surface area contributed by atoms with Crippen LogP contribution in [0.1, 0.15) is 18.4 Å². The molecule has 0 saturated heterocycles. The van der Waals surface area contributed by atoms with Gasteiger partial charge < -0.3 is 10.2 Å². The number of anilines is 1. The molecule has 1 aliphatic rings. The van der Waals surface area contributed by atoms with Crippen molar-refractivity contribution in [2.24, 2.45) is 5.92 Å². The molecule has 1 atom stereocenters. The summed E-state index contributed by atoms with van der Waals surface area (Å²) in [5, 5.41) is 3.54. The summed E-state index contributed by atoms with van der Waals surface area (Å²) in [6.07, 6.45) is 5.55. The van der Waals surface area contributed by atoms with Gasteiger partial charge in [-0.2, -0.15) is 0 Å². The highest BCUT2D eigenvalue weighted by Crippen LogP contribution is 2.24. The molecule has 1 heterocycles. The van der Waals surface area contributed by atoms with Gasteiger partial charge in [0.25, 0.3) is 0 Å². The molecule has 0 bridgehead atoms. The molecule has 1 unspecified atom stereocenters. The summed E-state index contributed by atoms with van der Waals surface area (Å²) >= 11 is 0. The fourth-order valence-electron chi connectivity index (χ4n) is 2.67. The predicted octanol–water partition coefficient (Wildman–Crippen LogP) is 3.17. The van der Waals surface area contributed by atoms with Crippen molar-refractivity contribution < 1.29 is 0 Å². The zero-order chi connectivity index (χ0) is 12.8. The van der Waals surface area contributed by atoms with Gasteiger partial charge in [-0.25, -0.2) is 0 Å². The minimum absolute atomic E-state index is 0.730. The van der Waals surface area contributed by atoms with Crippen molar-refractivity contribution in [3.8, 4) is 0 Å². The minimum atomic E-state index is 0.730. The van der Waals surface area contributed by atoms with E-state index in [2.05, 4.69) is 48.1 Å². The van der Waals surface area contributed by atoms with E-state index in [9.17, 15) is 0 Å². The normalized spacial score (nSPS) is 18.2.